The van der Waals surface area contributed by atoms with Crippen molar-refractivity contribution in [2.75, 3.05) is 27.0 Å². The molecule has 0 bridgehead atoms. The maximum Gasteiger partial charge on any atom is 0.231 e. The molecule has 0 saturated carbocycles. The lowest BCUT2D eigenvalue weighted by Gasteiger charge is -2.36. The van der Waals surface area contributed by atoms with Crippen molar-refractivity contribution in [3.63, 3.8) is 0 Å². The molecule has 2 atom stereocenters. The van der Waals surface area contributed by atoms with Gasteiger partial charge < -0.3 is 24.1 Å². The van der Waals surface area contributed by atoms with Crippen LogP contribution in [0.5, 0.6) is 23.0 Å². The summed E-state index contributed by atoms with van der Waals surface area (Å²) in [6.07, 6.45) is 3.50. The normalized spacial score (nSPS) is 21.0. The summed E-state index contributed by atoms with van der Waals surface area (Å²) in [5.41, 5.74) is 1.06. The highest BCUT2D eigenvalue weighted by atomic mass is 16.7. The summed E-state index contributed by atoms with van der Waals surface area (Å²) < 4.78 is 22.6. The molecule has 3 heterocycles. The highest BCUT2D eigenvalue weighted by Gasteiger charge is 2.30. The van der Waals surface area contributed by atoms with Gasteiger partial charge in [0, 0.05) is 42.8 Å². The third-order valence-electron chi connectivity index (χ3n) is 5.65. The van der Waals surface area contributed by atoms with Gasteiger partial charge in [-0.1, -0.05) is 12.1 Å². The summed E-state index contributed by atoms with van der Waals surface area (Å²) in [4.78, 5) is 6.38. The predicted octanol–water partition coefficient (Wildman–Crippen LogP) is 2.99. The van der Waals surface area contributed by atoms with Crippen molar-refractivity contribution in [1.82, 2.24) is 9.88 Å². The first-order valence-electron chi connectivity index (χ1n) is 10.1. The van der Waals surface area contributed by atoms with Crippen molar-refractivity contribution in [2.24, 2.45) is 0 Å². The van der Waals surface area contributed by atoms with Gasteiger partial charge in [-0.25, -0.2) is 0 Å². The van der Waals surface area contributed by atoms with Crippen molar-refractivity contribution in [1.29, 1.82) is 0 Å². The number of aliphatic hydroxyl groups excluding tert-OH is 1. The minimum absolute atomic E-state index is 0.209. The van der Waals surface area contributed by atoms with Crippen LogP contribution >= 0.6 is 0 Å². The fourth-order valence-electron chi connectivity index (χ4n) is 4.15. The number of methoxy groups -OCH3 is 1. The number of ether oxygens (including phenoxy) is 4. The van der Waals surface area contributed by atoms with Crippen LogP contribution in [0.15, 0.2) is 48.8 Å². The Morgan fingerprint density at radius 3 is 3.00 bits per heavy atom. The number of aliphatic hydroxyl groups is 1. The summed E-state index contributed by atoms with van der Waals surface area (Å²) in [6.45, 7) is 2.26. The maximum atomic E-state index is 10.8. The van der Waals surface area contributed by atoms with Crippen LogP contribution in [0.4, 0.5) is 0 Å². The first-order chi connectivity index (χ1) is 14.7. The number of rotatable bonds is 5. The molecule has 0 spiro atoms. The number of benzene rings is 2. The molecule has 2 aliphatic rings. The van der Waals surface area contributed by atoms with E-state index in [9.17, 15) is 5.11 Å². The average molecular weight is 408 g/mol. The zero-order valence-corrected chi connectivity index (χ0v) is 16.8. The molecule has 1 aromatic heterocycles. The molecule has 7 heteroatoms. The molecule has 7 nitrogen and oxygen atoms in total. The summed E-state index contributed by atoms with van der Waals surface area (Å²) in [7, 11) is 1.62. The number of likely N-dealkylation sites (tertiary alicyclic amines) is 1. The van der Waals surface area contributed by atoms with Gasteiger partial charge in [-0.05, 0) is 36.2 Å². The quantitative estimate of drug-likeness (QED) is 0.696. The number of β-amino-alcohol motifs (C(OH)–C–C–N with tert-alkyl or cyclic N) is 1. The highest BCUT2D eigenvalue weighted by Crippen LogP contribution is 2.42. The second-order valence-electron chi connectivity index (χ2n) is 7.63. The second kappa shape index (κ2) is 8.01. The van der Waals surface area contributed by atoms with Crippen molar-refractivity contribution in [3.8, 4) is 23.0 Å². The topological polar surface area (TPSA) is 73.3 Å². The Morgan fingerprint density at radius 2 is 2.13 bits per heavy atom. The SMILES string of the molecule is COc1cc(CN2CC[C@@H](Oc3cccc4cnccc34)[C@H](O)C2)cc2c1OCO2. The van der Waals surface area contributed by atoms with Crippen LogP contribution < -0.4 is 18.9 Å². The number of fused-ring (bicyclic) bond motifs is 2. The third kappa shape index (κ3) is 3.62. The van der Waals surface area contributed by atoms with Gasteiger partial charge in [0.1, 0.15) is 18.0 Å². The van der Waals surface area contributed by atoms with Crippen LogP contribution in [0.1, 0.15) is 12.0 Å². The lowest BCUT2D eigenvalue weighted by Crippen LogP contribution is -2.48. The van der Waals surface area contributed by atoms with Gasteiger partial charge in [-0.2, -0.15) is 0 Å². The van der Waals surface area contributed by atoms with Gasteiger partial charge in [0.15, 0.2) is 11.5 Å². The number of hydrogen-bond acceptors (Lipinski definition) is 7. The Labute approximate surface area is 174 Å². The lowest BCUT2D eigenvalue weighted by molar-refractivity contribution is -0.0269. The van der Waals surface area contributed by atoms with Crippen LogP contribution in [0.25, 0.3) is 10.8 Å². The molecule has 30 heavy (non-hydrogen) atoms. The lowest BCUT2D eigenvalue weighted by atomic mass is 10.0. The zero-order chi connectivity index (χ0) is 20.5. The van der Waals surface area contributed by atoms with E-state index in [4.69, 9.17) is 18.9 Å². The highest BCUT2D eigenvalue weighted by molar-refractivity contribution is 5.87. The van der Waals surface area contributed by atoms with Crippen LogP contribution in [0.2, 0.25) is 0 Å². The fourth-order valence-corrected chi connectivity index (χ4v) is 4.15. The average Bonchev–Trinajstić information content (AvgIpc) is 3.24. The van der Waals surface area contributed by atoms with E-state index in [1.54, 1.807) is 13.3 Å². The number of pyridine rings is 1. The van der Waals surface area contributed by atoms with Crippen LogP contribution in [-0.4, -0.2) is 54.2 Å². The van der Waals surface area contributed by atoms with Gasteiger partial charge in [0.25, 0.3) is 0 Å². The Morgan fingerprint density at radius 1 is 1.20 bits per heavy atom. The molecule has 0 aliphatic carbocycles. The summed E-state index contributed by atoms with van der Waals surface area (Å²) in [5.74, 6) is 2.81. The van der Waals surface area contributed by atoms with Crippen molar-refractivity contribution >= 4 is 10.8 Å². The Kier molecular flexibility index (Phi) is 5.06. The van der Waals surface area contributed by atoms with Gasteiger partial charge in [-0.15, -0.1) is 0 Å². The Bertz CT molecular complexity index is 1050. The predicted molar refractivity (Wildman–Crippen MR) is 111 cm³/mol. The first-order valence-corrected chi connectivity index (χ1v) is 10.1. The Hall–Kier alpha value is -3.03. The van der Waals surface area contributed by atoms with E-state index >= 15 is 0 Å². The largest absolute Gasteiger partial charge is 0.493 e. The molecule has 1 saturated heterocycles. The molecule has 2 aromatic carbocycles. The second-order valence-corrected chi connectivity index (χ2v) is 7.63. The Balaban J connectivity index is 1.26. The number of nitrogens with zero attached hydrogens (tertiary/aromatic N) is 2. The van der Waals surface area contributed by atoms with E-state index in [1.807, 2.05) is 42.6 Å². The van der Waals surface area contributed by atoms with E-state index in [-0.39, 0.29) is 12.9 Å². The molecular weight excluding hydrogens is 384 g/mol. The van der Waals surface area contributed by atoms with Crippen LogP contribution in [0.3, 0.4) is 0 Å². The first kappa shape index (κ1) is 19.0. The maximum absolute atomic E-state index is 10.8. The summed E-state index contributed by atoms with van der Waals surface area (Å²) in [6, 6.07) is 11.8. The molecule has 1 fully saturated rings. The minimum Gasteiger partial charge on any atom is -0.493 e. The van der Waals surface area contributed by atoms with Crippen LogP contribution in [0, 0.1) is 0 Å². The molecule has 0 unspecified atom stereocenters. The molecule has 1 N–H and O–H groups in total. The molecule has 156 valence electrons. The van der Waals surface area contributed by atoms with Gasteiger partial charge in [-0.3, -0.25) is 9.88 Å². The van der Waals surface area contributed by atoms with E-state index in [2.05, 4.69) is 9.88 Å². The summed E-state index contributed by atoms with van der Waals surface area (Å²) >= 11 is 0. The number of hydrogen-bond donors (Lipinski definition) is 1. The molecule has 5 rings (SSSR count). The molecule has 2 aliphatic heterocycles. The molecule has 0 radical (unpaired) electrons. The van der Waals surface area contributed by atoms with Crippen molar-refractivity contribution in [3.05, 3.63) is 54.4 Å². The number of aromatic nitrogens is 1. The molecule has 3 aromatic rings. The monoisotopic (exact) mass is 408 g/mol. The van der Waals surface area contributed by atoms with Gasteiger partial charge in [0.2, 0.25) is 12.5 Å². The third-order valence-corrected chi connectivity index (χ3v) is 5.65. The van der Waals surface area contributed by atoms with E-state index in [1.165, 1.54) is 0 Å². The fraction of sp³-hybridized carbons (Fsp3) is 0.348. The zero-order valence-electron chi connectivity index (χ0n) is 16.8. The molecule has 0 amide bonds. The van der Waals surface area contributed by atoms with Crippen molar-refractivity contribution < 1.29 is 24.1 Å². The van der Waals surface area contributed by atoms with Gasteiger partial charge >= 0.3 is 0 Å². The number of piperidine rings is 1. The molecular formula is C23H24N2O5. The summed E-state index contributed by atoms with van der Waals surface area (Å²) in [5, 5.41) is 12.8. The van der Waals surface area contributed by atoms with Gasteiger partial charge in [0.05, 0.1) is 7.11 Å². The van der Waals surface area contributed by atoms with E-state index in [0.29, 0.717) is 30.3 Å². The van der Waals surface area contributed by atoms with Crippen molar-refractivity contribution in [2.45, 2.75) is 25.2 Å². The standard InChI is InChI=1S/C23H24N2O5/c1-27-21-9-15(10-22-23(21)29-14-28-22)12-25-8-6-20(18(26)13-25)30-19-4-2-3-16-11-24-7-5-17(16)19/h2-5,7,9-11,18,20,26H,6,8,12-14H2,1H3/t18-,20-/m1/s1. The van der Waals surface area contributed by atoms with E-state index < -0.39 is 6.10 Å². The minimum atomic E-state index is -0.577. The smallest absolute Gasteiger partial charge is 0.231 e. The van der Waals surface area contributed by atoms with E-state index in [0.717, 1.165) is 35.1 Å². The van der Waals surface area contributed by atoms with Crippen LogP contribution in [-0.2, 0) is 6.54 Å².